The van der Waals surface area contributed by atoms with Crippen molar-refractivity contribution in [1.29, 1.82) is 0 Å². The highest BCUT2D eigenvalue weighted by Gasteiger charge is 2.15. The normalized spacial score (nSPS) is 17.0. The van der Waals surface area contributed by atoms with Crippen LogP contribution in [0.1, 0.15) is 24.8 Å². The molecule has 4 rings (SSSR count). The zero-order chi connectivity index (χ0) is 17.1. The zero-order valence-electron chi connectivity index (χ0n) is 14.7. The van der Waals surface area contributed by atoms with Gasteiger partial charge >= 0.3 is 0 Å². The van der Waals surface area contributed by atoms with Gasteiger partial charge in [0.15, 0.2) is 0 Å². The number of rotatable bonds is 4. The van der Waals surface area contributed by atoms with Gasteiger partial charge in [-0.05, 0) is 74.5 Å². The number of fused-ring (bicyclic) bond motifs is 1. The van der Waals surface area contributed by atoms with E-state index in [1.807, 2.05) is 18.2 Å². The Bertz CT molecular complexity index is 859. The molecule has 1 aliphatic heterocycles. The van der Waals surface area contributed by atoms with Gasteiger partial charge in [0.25, 0.3) is 0 Å². The van der Waals surface area contributed by atoms with E-state index in [9.17, 15) is 0 Å². The molecule has 2 heterocycles. The van der Waals surface area contributed by atoms with E-state index >= 15 is 0 Å². The third-order valence-electron chi connectivity index (χ3n) is 5.15. The molecule has 0 spiro atoms. The first-order valence-corrected chi connectivity index (χ1v) is 9.53. The fourth-order valence-corrected chi connectivity index (χ4v) is 3.93. The number of hydrogen-bond acceptors (Lipinski definition) is 2. The largest absolute Gasteiger partial charge is 0.316 e. The van der Waals surface area contributed by atoms with Crippen LogP contribution in [-0.2, 0) is 6.42 Å². The molecule has 2 aromatic carbocycles. The highest BCUT2D eigenvalue weighted by molar-refractivity contribution is 6.31. The van der Waals surface area contributed by atoms with Gasteiger partial charge in [-0.15, -0.1) is 12.4 Å². The molecule has 1 saturated heterocycles. The minimum absolute atomic E-state index is 0. The molecule has 1 fully saturated rings. The second-order valence-electron chi connectivity index (χ2n) is 6.95. The van der Waals surface area contributed by atoms with Crippen LogP contribution >= 0.6 is 24.0 Å². The van der Waals surface area contributed by atoms with Crippen molar-refractivity contribution in [2.75, 3.05) is 13.1 Å². The van der Waals surface area contributed by atoms with Crippen molar-refractivity contribution in [3.63, 3.8) is 0 Å². The lowest BCUT2D eigenvalue weighted by Gasteiger charge is -2.23. The molecule has 0 bridgehead atoms. The standard InChI is InChI=1S/C22H23ClN2.ClH/c23-19-10-11-21-20(14-19)18(9-8-16-5-4-12-24-15-16)13-22(25-21)17-6-2-1-3-7-17;/h1-3,6-7,10-11,13-14,16,24H,4-5,8-9,12,15H2;1H. The lowest BCUT2D eigenvalue weighted by Crippen LogP contribution is -2.29. The first-order chi connectivity index (χ1) is 12.3. The molecule has 0 amide bonds. The molecule has 1 N–H and O–H groups in total. The second kappa shape index (κ2) is 8.85. The lowest BCUT2D eigenvalue weighted by atomic mass is 9.91. The lowest BCUT2D eigenvalue weighted by molar-refractivity contribution is 0.358. The number of nitrogens with zero attached hydrogens (tertiary/aromatic N) is 1. The van der Waals surface area contributed by atoms with Gasteiger partial charge in [-0.3, -0.25) is 0 Å². The van der Waals surface area contributed by atoms with E-state index in [1.165, 1.54) is 42.3 Å². The van der Waals surface area contributed by atoms with Crippen LogP contribution in [0.4, 0.5) is 0 Å². The van der Waals surface area contributed by atoms with E-state index in [-0.39, 0.29) is 12.4 Å². The van der Waals surface area contributed by atoms with Crippen LogP contribution in [0, 0.1) is 5.92 Å². The summed E-state index contributed by atoms with van der Waals surface area (Å²) in [5.41, 5.74) is 4.60. The Morgan fingerprint density at radius 1 is 1.08 bits per heavy atom. The molecular formula is C22H24Cl2N2. The van der Waals surface area contributed by atoms with Crippen LogP contribution in [0.2, 0.25) is 5.02 Å². The average Bonchev–Trinajstić information content (AvgIpc) is 2.67. The monoisotopic (exact) mass is 386 g/mol. The summed E-state index contributed by atoms with van der Waals surface area (Å²) >= 11 is 6.26. The first kappa shape index (κ1) is 19.2. The van der Waals surface area contributed by atoms with Crippen molar-refractivity contribution in [1.82, 2.24) is 10.3 Å². The maximum absolute atomic E-state index is 6.26. The maximum Gasteiger partial charge on any atom is 0.0713 e. The van der Waals surface area contributed by atoms with Gasteiger partial charge in [0.05, 0.1) is 11.2 Å². The third kappa shape index (κ3) is 4.37. The van der Waals surface area contributed by atoms with Crippen LogP contribution in [0.25, 0.3) is 22.2 Å². The Morgan fingerprint density at radius 3 is 2.69 bits per heavy atom. The van der Waals surface area contributed by atoms with Crippen molar-refractivity contribution in [3.8, 4) is 11.3 Å². The summed E-state index contributed by atoms with van der Waals surface area (Å²) in [7, 11) is 0. The molecule has 26 heavy (non-hydrogen) atoms. The highest BCUT2D eigenvalue weighted by atomic mass is 35.5. The van der Waals surface area contributed by atoms with Crippen LogP contribution in [-0.4, -0.2) is 18.1 Å². The van der Waals surface area contributed by atoms with Crippen LogP contribution in [0.3, 0.4) is 0 Å². The Labute approximate surface area is 166 Å². The summed E-state index contributed by atoms with van der Waals surface area (Å²) in [6.07, 6.45) is 4.92. The molecule has 1 unspecified atom stereocenters. The van der Waals surface area contributed by atoms with E-state index in [4.69, 9.17) is 16.6 Å². The summed E-state index contributed by atoms with van der Waals surface area (Å²) in [4.78, 5) is 4.87. The molecule has 0 aliphatic carbocycles. The van der Waals surface area contributed by atoms with E-state index in [2.05, 4.69) is 41.7 Å². The van der Waals surface area contributed by atoms with Gasteiger partial charge in [-0.25, -0.2) is 4.98 Å². The summed E-state index contributed by atoms with van der Waals surface area (Å²) < 4.78 is 0. The van der Waals surface area contributed by atoms with Gasteiger partial charge < -0.3 is 5.32 Å². The fraction of sp³-hybridized carbons (Fsp3) is 0.318. The van der Waals surface area contributed by atoms with E-state index < -0.39 is 0 Å². The van der Waals surface area contributed by atoms with Crippen LogP contribution in [0.15, 0.2) is 54.6 Å². The number of aromatic nitrogens is 1. The minimum atomic E-state index is 0. The SMILES string of the molecule is Cl.Clc1ccc2nc(-c3ccccc3)cc(CCC3CCCNC3)c2c1. The molecule has 1 aliphatic rings. The molecule has 0 radical (unpaired) electrons. The number of hydrogen-bond donors (Lipinski definition) is 1. The second-order valence-corrected chi connectivity index (χ2v) is 7.38. The summed E-state index contributed by atoms with van der Waals surface area (Å²) in [5, 5.41) is 5.49. The molecule has 136 valence electrons. The van der Waals surface area contributed by atoms with Crippen LogP contribution < -0.4 is 5.32 Å². The maximum atomic E-state index is 6.26. The molecule has 3 aromatic rings. The number of aryl methyl sites for hydroxylation is 1. The first-order valence-electron chi connectivity index (χ1n) is 9.15. The average molecular weight is 387 g/mol. The predicted molar refractivity (Wildman–Crippen MR) is 113 cm³/mol. The van der Waals surface area contributed by atoms with Gasteiger partial charge in [0, 0.05) is 16.0 Å². The molecule has 2 nitrogen and oxygen atoms in total. The van der Waals surface area contributed by atoms with Crippen molar-refractivity contribution < 1.29 is 0 Å². The van der Waals surface area contributed by atoms with Crippen molar-refractivity contribution in [2.24, 2.45) is 5.92 Å². The molecule has 4 heteroatoms. The number of pyridine rings is 1. The van der Waals surface area contributed by atoms with Gasteiger partial charge in [0.1, 0.15) is 0 Å². The number of piperidine rings is 1. The fourth-order valence-electron chi connectivity index (χ4n) is 3.76. The molecule has 1 aromatic heterocycles. The van der Waals surface area contributed by atoms with E-state index in [0.29, 0.717) is 0 Å². The third-order valence-corrected chi connectivity index (χ3v) is 5.38. The quantitative estimate of drug-likeness (QED) is 0.602. The van der Waals surface area contributed by atoms with Gasteiger partial charge in [-0.1, -0.05) is 41.9 Å². The molecular weight excluding hydrogens is 363 g/mol. The number of benzene rings is 2. The zero-order valence-corrected chi connectivity index (χ0v) is 16.3. The van der Waals surface area contributed by atoms with Crippen molar-refractivity contribution in [2.45, 2.75) is 25.7 Å². The number of halogens is 2. The molecule has 1 atom stereocenters. The smallest absolute Gasteiger partial charge is 0.0713 e. The summed E-state index contributed by atoms with van der Waals surface area (Å²) in [6.45, 7) is 2.32. The predicted octanol–water partition coefficient (Wildman–Crippen LogP) is 5.91. The number of nitrogens with one attached hydrogen (secondary N) is 1. The van der Waals surface area contributed by atoms with Gasteiger partial charge in [0.2, 0.25) is 0 Å². The Kier molecular flexibility index (Phi) is 6.53. The van der Waals surface area contributed by atoms with Crippen molar-refractivity contribution >= 4 is 34.9 Å². The molecule has 0 saturated carbocycles. The Hall–Kier alpha value is -1.61. The van der Waals surface area contributed by atoms with Crippen LogP contribution in [0.5, 0.6) is 0 Å². The topological polar surface area (TPSA) is 24.9 Å². The van der Waals surface area contributed by atoms with Crippen molar-refractivity contribution in [3.05, 3.63) is 65.2 Å². The highest BCUT2D eigenvalue weighted by Crippen LogP contribution is 2.29. The van der Waals surface area contributed by atoms with E-state index in [0.717, 1.165) is 35.1 Å². The summed E-state index contributed by atoms with van der Waals surface area (Å²) in [6, 6.07) is 18.7. The summed E-state index contributed by atoms with van der Waals surface area (Å²) in [5.74, 6) is 0.774. The van der Waals surface area contributed by atoms with Gasteiger partial charge in [-0.2, -0.15) is 0 Å². The minimum Gasteiger partial charge on any atom is -0.316 e. The Balaban J connectivity index is 0.00000196. The van der Waals surface area contributed by atoms with E-state index in [1.54, 1.807) is 0 Å². The Morgan fingerprint density at radius 2 is 1.92 bits per heavy atom.